The van der Waals surface area contributed by atoms with Crippen molar-refractivity contribution in [1.82, 2.24) is 5.06 Å². The standard InChI is InChI=1S/C28H44N2O4/c1-6-7-8-9-10-11-12-13-17-20-33-30-26(2,3)21-28(22-27(30,4)5)24(31)29(25(32)34-28)23-18-15-14-16-19-23/h14-16,18-19H,6-13,17,20-22H2,1-5H3. The molecule has 2 heterocycles. The third-order valence-corrected chi connectivity index (χ3v) is 7.08. The average molecular weight is 473 g/mol. The van der Waals surface area contributed by atoms with Crippen LogP contribution >= 0.6 is 0 Å². The zero-order chi connectivity index (χ0) is 24.8. The summed E-state index contributed by atoms with van der Waals surface area (Å²) in [6.07, 6.45) is 11.7. The van der Waals surface area contributed by atoms with Crippen LogP contribution in [0.5, 0.6) is 0 Å². The van der Waals surface area contributed by atoms with E-state index < -0.39 is 22.8 Å². The van der Waals surface area contributed by atoms with Crippen molar-refractivity contribution < 1.29 is 19.2 Å². The lowest BCUT2D eigenvalue weighted by atomic mass is 9.72. The first kappa shape index (κ1) is 26.7. The predicted octanol–water partition coefficient (Wildman–Crippen LogP) is 7.02. The van der Waals surface area contributed by atoms with Gasteiger partial charge in [-0.25, -0.2) is 9.69 Å². The number of hydroxylamine groups is 2. The molecule has 2 aliphatic rings. The van der Waals surface area contributed by atoms with Crippen molar-refractivity contribution in [1.29, 1.82) is 0 Å². The molecule has 2 aliphatic heterocycles. The van der Waals surface area contributed by atoms with Crippen LogP contribution in [0.2, 0.25) is 0 Å². The maximum atomic E-state index is 13.5. The van der Waals surface area contributed by atoms with E-state index in [-0.39, 0.29) is 5.91 Å². The Kier molecular flexibility index (Phi) is 8.80. The molecule has 3 rings (SSSR count). The molecule has 0 atom stereocenters. The first-order valence-corrected chi connectivity index (χ1v) is 13.2. The van der Waals surface area contributed by atoms with E-state index in [0.717, 1.165) is 6.42 Å². The summed E-state index contributed by atoms with van der Waals surface area (Å²) in [6.45, 7) is 11.2. The smallest absolute Gasteiger partial charge is 0.422 e. The fourth-order valence-electron chi connectivity index (χ4n) is 5.91. The van der Waals surface area contributed by atoms with Gasteiger partial charge >= 0.3 is 6.09 Å². The molecule has 0 radical (unpaired) electrons. The minimum atomic E-state index is -1.17. The van der Waals surface area contributed by atoms with Crippen LogP contribution in [0.3, 0.4) is 0 Å². The van der Waals surface area contributed by atoms with Crippen molar-refractivity contribution >= 4 is 17.7 Å². The predicted molar refractivity (Wildman–Crippen MR) is 136 cm³/mol. The highest BCUT2D eigenvalue weighted by atomic mass is 16.7. The van der Waals surface area contributed by atoms with Crippen molar-refractivity contribution in [2.45, 2.75) is 122 Å². The Morgan fingerprint density at radius 2 is 1.35 bits per heavy atom. The number of ether oxygens (including phenoxy) is 1. The maximum Gasteiger partial charge on any atom is 0.422 e. The quantitative estimate of drug-likeness (QED) is 0.306. The molecule has 1 aromatic carbocycles. The van der Waals surface area contributed by atoms with Gasteiger partial charge in [0.1, 0.15) is 0 Å². The van der Waals surface area contributed by atoms with Crippen LogP contribution in [-0.4, -0.2) is 40.3 Å². The Bertz CT molecular complexity index is 803. The molecule has 2 amide bonds. The number of piperidine rings is 1. The van der Waals surface area contributed by atoms with Crippen molar-refractivity contribution in [2.75, 3.05) is 11.5 Å². The van der Waals surface area contributed by atoms with E-state index in [4.69, 9.17) is 9.57 Å². The van der Waals surface area contributed by atoms with Gasteiger partial charge in [-0.1, -0.05) is 76.5 Å². The summed E-state index contributed by atoms with van der Waals surface area (Å²) >= 11 is 0. The lowest BCUT2D eigenvalue weighted by Gasteiger charge is -2.55. The molecular formula is C28H44N2O4. The summed E-state index contributed by atoms with van der Waals surface area (Å²) in [5, 5.41) is 2.04. The summed E-state index contributed by atoms with van der Waals surface area (Å²) in [5.74, 6) is -0.275. The molecule has 190 valence electrons. The maximum absolute atomic E-state index is 13.5. The van der Waals surface area contributed by atoms with E-state index in [1.807, 2.05) is 23.3 Å². The van der Waals surface area contributed by atoms with Gasteiger partial charge in [-0.15, -0.1) is 0 Å². The normalized spacial score (nSPS) is 21.3. The van der Waals surface area contributed by atoms with Gasteiger partial charge in [0.15, 0.2) is 5.60 Å². The van der Waals surface area contributed by atoms with Crippen LogP contribution in [0.25, 0.3) is 0 Å². The number of nitrogens with zero attached hydrogens (tertiary/aromatic N) is 2. The molecule has 0 unspecified atom stereocenters. The van der Waals surface area contributed by atoms with Crippen molar-refractivity contribution in [3.8, 4) is 0 Å². The largest absolute Gasteiger partial charge is 0.432 e. The average Bonchev–Trinajstić information content (AvgIpc) is 2.99. The second kappa shape index (κ2) is 11.2. The Balaban J connectivity index is 1.55. The van der Waals surface area contributed by atoms with Crippen LogP contribution < -0.4 is 4.90 Å². The summed E-state index contributed by atoms with van der Waals surface area (Å²) in [6, 6.07) is 9.02. The van der Waals surface area contributed by atoms with Crippen LogP contribution in [0.15, 0.2) is 30.3 Å². The number of hydrogen-bond donors (Lipinski definition) is 0. The Labute approximate surface area is 205 Å². The van der Waals surface area contributed by atoms with Crippen molar-refractivity contribution in [3.05, 3.63) is 30.3 Å². The number of carbonyl (C=O) groups is 2. The van der Waals surface area contributed by atoms with E-state index in [1.165, 1.54) is 56.3 Å². The topological polar surface area (TPSA) is 59.1 Å². The van der Waals surface area contributed by atoms with Crippen molar-refractivity contribution in [2.24, 2.45) is 0 Å². The molecule has 2 saturated heterocycles. The lowest BCUT2D eigenvalue weighted by Crippen LogP contribution is -2.67. The SMILES string of the molecule is CCCCCCCCCCCON1C(C)(C)CC2(CC1(C)C)OC(=O)N(c1ccccc1)C2=O. The van der Waals surface area contributed by atoms with Gasteiger partial charge in [0, 0.05) is 23.9 Å². The molecule has 1 spiro atoms. The highest BCUT2D eigenvalue weighted by Crippen LogP contribution is 2.49. The van der Waals surface area contributed by atoms with Gasteiger partial charge in [0.25, 0.3) is 5.91 Å². The summed E-state index contributed by atoms with van der Waals surface area (Å²) < 4.78 is 5.85. The second-order valence-electron chi connectivity index (χ2n) is 11.3. The molecule has 34 heavy (non-hydrogen) atoms. The minimum Gasteiger partial charge on any atom is -0.432 e. The molecule has 6 nitrogen and oxygen atoms in total. The molecule has 0 bridgehead atoms. The number of rotatable bonds is 12. The minimum absolute atomic E-state index is 0.275. The third kappa shape index (κ3) is 6.01. The Morgan fingerprint density at radius 3 is 1.91 bits per heavy atom. The van der Waals surface area contributed by atoms with Crippen LogP contribution in [-0.2, 0) is 14.4 Å². The molecule has 0 aromatic heterocycles. The van der Waals surface area contributed by atoms with Gasteiger partial charge in [-0.3, -0.25) is 9.63 Å². The van der Waals surface area contributed by atoms with E-state index in [0.29, 0.717) is 25.1 Å². The van der Waals surface area contributed by atoms with Gasteiger partial charge < -0.3 is 4.74 Å². The third-order valence-electron chi connectivity index (χ3n) is 7.08. The van der Waals surface area contributed by atoms with Gasteiger partial charge in [0.2, 0.25) is 0 Å². The fourth-order valence-corrected chi connectivity index (χ4v) is 5.91. The van der Waals surface area contributed by atoms with Crippen LogP contribution in [0.1, 0.15) is 105 Å². The Morgan fingerprint density at radius 1 is 0.824 bits per heavy atom. The van der Waals surface area contributed by atoms with Gasteiger partial charge in [-0.05, 0) is 46.2 Å². The monoisotopic (exact) mass is 472 g/mol. The number of benzene rings is 1. The number of amides is 2. The molecular weight excluding hydrogens is 428 g/mol. The summed E-state index contributed by atoms with van der Waals surface area (Å²) in [4.78, 5) is 33.8. The van der Waals surface area contributed by atoms with Crippen LogP contribution in [0, 0.1) is 0 Å². The number of para-hydroxylation sites is 1. The molecule has 0 saturated carbocycles. The molecule has 0 N–H and O–H groups in total. The van der Waals surface area contributed by atoms with E-state index in [9.17, 15) is 9.59 Å². The fraction of sp³-hybridized carbons (Fsp3) is 0.714. The first-order valence-electron chi connectivity index (χ1n) is 13.2. The summed E-state index contributed by atoms with van der Waals surface area (Å²) in [7, 11) is 0. The molecule has 1 aromatic rings. The second-order valence-corrected chi connectivity index (χ2v) is 11.3. The molecule has 6 heteroatoms. The van der Waals surface area contributed by atoms with Crippen molar-refractivity contribution in [3.63, 3.8) is 0 Å². The first-order chi connectivity index (χ1) is 16.1. The number of unbranched alkanes of at least 4 members (excludes halogenated alkanes) is 8. The van der Waals surface area contributed by atoms with Gasteiger partial charge in [-0.2, -0.15) is 5.06 Å². The lowest BCUT2D eigenvalue weighted by molar-refractivity contribution is -0.299. The number of imide groups is 1. The van der Waals surface area contributed by atoms with Crippen LogP contribution in [0.4, 0.5) is 10.5 Å². The number of hydrogen-bond acceptors (Lipinski definition) is 5. The zero-order valence-electron chi connectivity index (χ0n) is 21.9. The highest BCUT2D eigenvalue weighted by molar-refractivity contribution is 6.20. The Hall–Kier alpha value is -1.92. The van der Waals surface area contributed by atoms with E-state index in [2.05, 4.69) is 34.6 Å². The van der Waals surface area contributed by atoms with Gasteiger partial charge in [0.05, 0.1) is 12.3 Å². The highest BCUT2D eigenvalue weighted by Gasteiger charge is 2.64. The number of carbonyl (C=O) groups excluding carboxylic acids is 2. The van der Waals surface area contributed by atoms with E-state index >= 15 is 0 Å². The summed E-state index contributed by atoms with van der Waals surface area (Å²) in [5.41, 5.74) is -1.56. The van der Waals surface area contributed by atoms with E-state index in [1.54, 1.807) is 12.1 Å². The molecule has 2 fully saturated rings. The zero-order valence-corrected chi connectivity index (χ0v) is 21.9. The molecule has 0 aliphatic carbocycles. The number of anilines is 1.